The molecule has 3 heterocycles. The Morgan fingerprint density at radius 1 is 0.830 bits per heavy atom. The molecule has 0 N–H and O–H groups in total. The summed E-state index contributed by atoms with van der Waals surface area (Å²) < 4.78 is 8.02. The van der Waals surface area contributed by atoms with Crippen LogP contribution in [0.1, 0.15) is 56.2 Å². The van der Waals surface area contributed by atoms with Crippen molar-refractivity contribution >= 4 is 39.6 Å². The third-order valence-electron chi connectivity index (χ3n) is 10.3. The van der Waals surface area contributed by atoms with E-state index in [2.05, 4.69) is 140 Å². The van der Waals surface area contributed by atoms with Gasteiger partial charge in [-0.15, -0.1) is 17.7 Å². The Kier molecular flexibility index (Phi) is 12.5. The molecule has 1 aliphatic rings. The van der Waals surface area contributed by atoms with Crippen molar-refractivity contribution in [2.24, 2.45) is 11.8 Å². The van der Waals surface area contributed by atoms with Gasteiger partial charge in [-0.05, 0) is 41.3 Å². The van der Waals surface area contributed by atoms with Gasteiger partial charge in [0.1, 0.15) is 5.58 Å². The van der Waals surface area contributed by atoms with E-state index in [0.29, 0.717) is 5.92 Å². The van der Waals surface area contributed by atoms with Crippen LogP contribution >= 0.6 is 0 Å². The first-order valence-corrected chi connectivity index (χ1v) is 26.3. The Morgan fingerprint density at radius 2 is 1.60 bits per heavy atom. The fourth-order valence-corrected chi connectivity index (χ4v) is 11.1. The van der Waals surface area contributed by atoms with Gasteiger partial charge in [-0.2, -0.15) is 0 Å². The summed E-state index contributed by atoms with van der Waals surface area (Å²) in [5.41, 5.74) is 12.2. The molecule has 1 fully saturated rings. The van der Waals surface area contributed by atoms with E-state index in [1.165, 1.54) is 48.8 Å². The number of fused-ring (bicyclic) bond motifs is 3. The van der Waals surface area contributed by atoms with E-state index in [0.717, 1.165) is 62.4 Å². The van der Waals surface area contributed by atoms with Gasteiger partial charge in [0.2, 0.25) is 0 Å². The van der Waals surface area contributed by atoms with Crippen molar-refractivity contribution in [3.05, 3.63) is 138 Å². The number of hydrogen-bond donors (Lipinski definition) is 0. The molecule has 0 aliphatic heterocycles. The van der Waals surface area contributed by atoms with Gasteiger partial charge >= 0.3 is 137 Å². The molecule has 7 aromatic rings. The van der Waals surface area contributed by atoms with E-state index < -0.39 is 13.3 Å². The summed E-state index contributed by atoms with van der Waals surface area (Å²) in [5.74, 6) is 8.92. The van der Waals surface area contributed by atoms with Crippen LogP contribution in [-0.2, 0) is 32.9 Å². The molecule has 0 spiro atoms. The van der Waals surface area contributed by atoms with Crippen LogP contribution in [0.3, 0.4) is 0 Å². The third-order valence-corrected chi connectivity index (χ3v) is 14.7. The maximum absolute atomic E-state index is 6.43. The van der Waals surface area contributed by atoms with E-state index >= 15 is 0 Å². The molecule has 1 aliphatic carbocycles. The molecule has 0 saturated heterocycles. The maximum Gasteiger partial charge on any atom is 0 e. The van der Waals surface area contributed by atoms with E-state index in [-0.39, 0.29) is 20.1 Å². The second-order valence-corrected chi connectivity index (χ2v) is 26.6. The molecule has 5 heteroatoms. The molecule has 1 saturated carbocycles. The predicted octanol–water partition coefficient (Wildman–Crippen LogP) is 12.4. The van der Waals surface area contributed by atoms with Crippen LogP contribution in [0.15, 0.2) is 114 Å². The second-order valence-electron chi connectivity index (χ2n) is 16.0. The first-order valence-electron chi connectivity index (χ1n) is 19.0. The quantitative estimate of drug-likeness (QED) is 0.113. The zero-order valence-corrected chi connectivity index (χ0v) is 36.4. The summed E-state index contributed by atoms with van der Waals surface area (Å²) in [4.78, 5) is 9.41. The average Bonchev–Trinajstić information content (AvgIpc) is 3.80. The Labute approximate surface area is 332 Å². The zero-order valence-electron chi connectivity index (χ0n) is 31.9. The van der Waals surface area contributed by atoms with Crippen molar-refractivity contribution in [2.75, 3.05) is 0 Å². The third kappa shape index (κ3) is 9.11. The van der Waals surface area contributed by atoms with Crippen LogP contribution in [0.25, 0.3) is 55.6 Å². The Hall–Kier alpha value is -3.83. The number of nitrogens with zero attached hydrogens (tertiary/aromatic N) is 2. The first-order chi connectivity index (χ1) is 25.1. The molecular weight excluding hydrogens is 885 g/mol. The monoisotopic (exact) mass is 937 g/mol. The topological polar surface area (TPSA) is 38.9 Å². The van der Waals surface area contributed by atoms with Gasteiger partial charge in [-0.25, -0.2) is 0 Å². The van der Waals surface area contributed by atoms with Crippen LogP contribution in [-0.4, -0.2) is 23.2 Å². The minimum atomic E-state index is -1.87. The van der Waals surface area contributed by atoms with Crippen LogP contribution in [0, 0.1) is 30.9 Å². The number of furan rings is 1. The fraction of sp³-hybridized carbons (Fsp3) is 0.292. The summed E-state index contributed by atoms with van der Waals surface area (Å²) in [6.07, 6.45) is 12.0. The summed E-state index contributed by atoms with van der Waals surface area (Å²) in [6.45, 7) is 6.59. The number of aromatic nitrogens is 2. The minimum absolute atomic E-state index is 0. The van der Waals surface area contributed by atoms with Crippen LogP contribution in [0.4, 0.5) is 0 Å². The fourth-order valence-electron chi connectivity index (χ4n) is 7.76. The SMILES string of the molecule is Cc1c[c-]c(-c2cc(CC(C)C)ccn2)c2oc3cc(-c4ccccc4)ccc3c12.[CH3][Ge]([CH3])([CH3])[c]1cnc(-c2[c-]cccc2)cc1CC1CCCC1.[Ir]. The van der Waals surface area contributed by atoms with Gasteiger partial charge in [0.05, 0.1) is 5.58 Å². The summed E-state index contributed by atoms with van der Waals surface area (Å²) in [6, 6.07) is 40.5. The van der Waals surface area contributed by atoms with Gasteiger partial charge < -0.3 is 9.40 Å². The smallest absolute Gasteiger partial charge is 0 e. The van der Waals surface area contributed by atoms with Crippen molar-refractivity contribution in [1.82, 2.24) is 9.97 Å². The Balaban J connectivity index is 0.000000187. The molecule has 0 bridgehead atoms. The van der Waals surface area contributed by atoms with Crippen LogP contribution < -0.4 is 4.40 Å². The van der Waals surface area contributed by atoms with Gasteiger partial charge in [0.15, 0.2) is 0 Å². The molecule has 8 rings (SSSR count). The van der Waals surface area contributed by atoms with Crippen molar-refractivity contribution in [3.8, 4) is 33.6 Å². The van der Waals surface area contributed by atoms with Crippen molar-refractivity contribution in [3.63, 3.8) is 0 Å². The van der Waals surface area contributed by atoms with E-state index in [4.69, 9.17) is 9.40 Å². The number of pyridine rings is 2. The van der Waals surface area contributed by atoms with Crippen molar-refractivity contribution in [2.45, 2.75) is 76.6 Å². The number of benzene rings is 4. The molecule has 273 valence electrons. The predicted molar refractivity (Wildman–Crippen MR) is 222 cm³/mol. The van der Waals surface area contributed by atoms with Crippen LogP contribution in [0.5, 0.6) is 0 Å². The number of rotatable bonds is 8. The van der Waals surface area contributed by atoms with Gasteiger partial charge in [0, 0.05) is 31.7 Å². The van der Waals surface area contributed by atoms with Gasteiger partial charge in [-0.3, -0.25) is 0 Å². The molecule has 53 heavy (non-hydrogen) atoms. The number of aryl methyl sites for hydroxylation is 1. The normalized spacial score (nSPS) is 13.3. The molecule has 0 atom stereocenters. The van der Waals surface area contributed by atoms with Crippen molar-refractivity contribution < 1.29 is 24.5 Å². The molecule has 0 unspecified atom stereocenters. The van der Waals surface area contributed by atoms with Gasteiger partial charge in [0.25, 0.3) is 0 Å². The summed E-state index contributed by atoms with van der Waals surface area (Å²) >= 11 is -1.87. The summed E-state index contributed by atoms with van der Waals surface area (Å²) in [7, 11) is 0. The standard InChI is InChI=1S/C28H24NO.C20H26GeN.Ir/c1-18(2)15-20-13-14-29-25(16-20)23-11-9-19(3)27-24-12-10-22(17-26(24)30-28(23)27)21-7-5-4-6-8-21;1-21(2,3)19-15-22-20(17-11-5-4-6-12-17)14-18(19)13-16-9-7-8-10-16;/h4-10,12-14,16-18H,15H2,1-3H3;4-6,11,14-16H,7-10,13H2,1-3H3;/q2*-1;. The summed E-state index contributed by atoms with van der Waals surface area (Å²) in [5, 5.41) is 2.28. The Bertz CT molecular complexity index is 2280. The van der Waals surface area contributed by atoms with E-state index in [9.17, 15) is 0 Å². The molecular formula is C48H50GeIrN2O-2. The maximum atomic E-state index is 6.43. The molecule has 3 nitrogen and oxygen atoms in total. The minimum Gasteiger partial charge on any atom is 0 e. The van der Waals surface area contributed by atoms with E-state index in [1.54, 1.807) is 9.96 Å². The number of hydrogen-bond acceptors (Lipinski definition) is 3. The van der Waals surface area contributed by atoms with Crippen molar-refractivity contribution in [1.29, 1.82) is 0 Å². The molecule has 3 aromatic heterocycles. The average molecular weight is 936 g/mol. The first kappa shape index (κ1) is 38.9. The van der Waals surface area contributed by atoms with Gasteiger partial charge in [-0.1, -0.05) is 85.8 Å². The Morgan fingerprint density at radius 3 is 2.32 bits per heavy atom. The van der Waals surface area contributed by atoms with E-state index in [1.807, 2.05) is 24.4 Å². The second kappa shape index (κ2) is 17.1. The zero-order chi connectivity index (χ0) is 36.2. The largest absolute Gasteiger partial charge is 0 e. The van der Waals surface area contributed by atoms with Crippen LogP contribution in [0.2, 0.25) is 17.3 Å². The molecule has 0 amide bonds. The molecule has 1 radical (unpaired) electrons. The molecule has 4 aromatic carbocycles.